The molecule has 1 aliphatic rings. The highest BCUT2D eigenvalue weighted by atomic mass is 127. The van der Waals surface area contributed by atoms with Gasteiger partial charge in [0.2, 0.25) is 0 Å². The third-order valence-electron chi connectivity index (χ3n) is 2.87. The van der Waals surface area contributed by atoms with Crippen molar-refractivity contribution in [2.45, 2.75) is 20.0 Å². The van der Waals surface area contributed by atoms with Crippen molar-refractivity contribution >= 4 is 73.5 Å². The van der Waals surface area contributed by atoms with Gasteiger partial charge in [-0.25, -0.2) is 0 Å². The smallest absolute Gasteiger partial charge is 0.326 e. The van der Waals surface area contributed by atoms with E-state index in [-0.39, 0.29) is 16.8 Å². The summed E-state index contributed by atoms with van der Waals surface area (Å²) in [6.07, 6.45) is 1.11. The van der Waals surface area contributed by atoms with Gasteiger partial charge in [0.25, 0.3) is 11.1 Å². The van der Waals surface area contributed by atoms with Gasteiger partial charge in [0, 0.05) is 10.0 Å². The summed E-state index contributed by atoms with van der Waals surface area (Å²) < 4.78 is 6.29. The Morgan fingerprint density at radius 1 is 1.46 bits per heavy atom. The highest BCUT2D eigenvalue weighted by Gasteiger charge is 2.37. The summed E-state index contributed by atoms with van der Waals surface area (Å²) >= 11 is 6.00. The van der Waals surface area contributed by atoms with E-state index >= 15 is 0 Å². The van der Waals surface area contributed by atoms with Gasteiger partial charge in [-0.15, -0.1) is 0 Å². The van der Waals surface area contributed by atoms with Crippen molar-refractivity contribution in [1.82, 2.24) is 4.90 Å². The molecule has 6 nitrogen and oxygen atoms in total. The minimum atomic E-state index is -0.645. The lowest BCUT2D eigenvalue weighted by atomic mass is 10.2. The number of ether oxygens (including phenoxy) is 1. The number of carbonyl (C=O) groups excluding carboxylic acids is 3. The molecule has 0 unspecified atom stereocenters. The maximum absolute atomic E-state index is 12.3. The lowest BCUT2D eigenvalue weighted by molar-refractivity contribution is -0.149. The van der Waals surface area contributed by atoms with Gasteiger partial charge in [0.05, 0.1) is 14.6 Å². The van der Waals surface area contributed by atoms with E-state index in [2.05, 4.69) is 15.9 Å². The molecular weight excluding hydrogens is 513 g/mol. The number of halogens is 2. The summed E-state index contributed by atoms with van der Waals surface area (Å²) in [5, 5.41) is 9.53. The second-order valence-corrected chi connectivity index (χ2v) is 8.20. The number of carbonyl (C=O) groups is 3. The molecule has 0 spiro atoms. The Kier molecular flexibility index (Phi) is 6.32. The van der Waals surface area contributed by atoms with Gasteiger partial charge >= 0.3 is 5.97 Å². The Hall–Kier alpha value is -1.07. The van der Waals surface area contributed by atoms with Gasteiger partial charge < -0.3 is 9.84 Å². The number of thioether (sulfide) groups is 1. The van der Waals surface area contributed by atoms with Gasteiger partial charge in [0.15, 0.2) is 0 Å². The van der Waals surface area contributed by atoms with Crippen molar-refractivity contribution in [1.29, 1.82) is 0 Å². The zero-order valence-corrected chi connectivity index (χ0v) is 17.3. The Bertz CT molecular complexity index is 750. The van der Waals surface area contributed by atoms with E-state index in [1.54, 1.807) is 26.0 Å². The van der Waals surface area contributed by atoms with Crippen LogP contribution >= 0.6 is 50.3 Å². The highest BCUT2D eigenvalue weighted by molar-refractivity contribution is 14.1. The Balaban J connectivity index is 2.24. The second-order valence-electron chi connectivity index (χ2n) is 5.13. The molecule has 9 heteroatoms. The quantitative estimate of drug-likeness (QED) is 0.366. The third-order valence-corrected chi connectivity index (χ3v) is 5.06. The number of amides is 2. The fourth-order valence-corrected chi connectivity index (χ4v) is 4.28. The standard InChI is InChI=1S/C15H13BrINO5S/c1-7(2)23-12(19)6-18-14(21)11(24-15(18)22)4-8-3-9(16)5-10(17)13(8)20/h3-5,7,20H,6H2,1-2H3/b11-4-. The minimum absolute atomic E-state index is 0.0183. The van der Waals surface area contributed by atoms with Crippen LogP contribution in [0.2, 0.25) is 0 Å². The molecule has 0 aromatic heterocycles. The van der Waals surface area contributed by atoms with Crippen LogP contribution in [0, 0.1) is 3.57 Å². The highest BCUT2D eigenvalue weighted by Crippen LogP contribution is 2.36. The molecule has 1 heterocycles. The SMILES string of the molecule is CC(C)OC(=O)CN1C(=O)S/C(=C\c2cc(Br)cc(I)c2O)C1=O. The lowest BCUT2D eigenvalue weighted by Crippen LogP contribution is -2.35. The van der Waals surface area contributed by atoms with E-state index in [0.29, 0.717) is 9.13 Å². The first-order valence-corrected chi connectivity index (χ1v) is 9.50. The van der Waals surface area contributed by atoms with E-state index in [1.807, 2.05) is 22.6 Å². The van der Waals surface area contributed by atoms with E-state index in [1.165, 1.54) is 6.08 Å². The second kappa shape index (κ2) is 7.87. The fourth-order valence-electron chi connectivity index (χ4n) is 1.90. The topological polar surface area (TPSA) is 83.9 Å². The van der Waals surface area contributed by atoms with Crippen LogP contribution in [0.3, 0.4) is 0 Å². The maximum atomic E-state index is 12.3. The zero-order chi connectivity index (χ0) is 18.0. The van der Waals surface area contributed by atoms with Crippen molar-refractivity contribution in [2.75, 3.05) is 6.54 Å². The molecule has 1 aliphatic heterocycles. The average molecular weight is 526 g/mol. The Morgan fingerprint density at radius 3 is 2.75 bits per heavy atom. The van der Waals surface area contributed by atoms with Crippen molar-refractivity contribution < 1.29 is 24.2 Å². The molecule has 128 valence electrons. The number of nitrogens with zero attached hydrogens (tertiary/aromatic N) is 1. The molecule has 0 atom stereocenters. The molecule has 2 rings (SSSR count). The van der Waals surface area contributed by atoms with Gasteiger partial charge in [-0.1, -0.05) is 15.9 Å². The number of phenolic OH excluding ortho intramolecular Hbond substituents is 1. The van der Waals surface area contributed by atoms with Crippen molar-refractivity contribution in [3.05, 3.63) is 30.6 Å². The van der Waals surface area contributed by atoms with Gasteiger partial charge in [-0.05, 0) is 66.4 Å². The summed E-state index contributed by atoms with van der Waals surface area (Å²) in [5.41, 5.74) is 0.407. The lowest BCUT2D eigenvalue weighted by Gasteiger charge is -2.13. The number of phenols is 1. The van der Waals surface area contributed by atoms with Gasteiger partial charge in [-0.3, -0.25) is 19.3 Å². The predicted molar refractivity (Wildman–Crippen MR) is 102 cm³/mol. The maximum Gasteiger partial charge on any atom is 0.326 e. The van der Waals surface area contributed by atoms with E-state index < -0.39 is 23.7 Å². The summed E-state index contributed by atoms with van der Waals surface area (Å²) in [7, 11) is 0. The number of imide groups is 1. The number of hydrogen-bond donors (Lipinski definition) is 1. The van der Waals surface area contributed by atoms with E-state index in [0.717, 1.165) is 21.1 Å². The number of aromatic hydroxyl groups is 1. The molecule has 0 radical (unpaired) electrons. The van der Waals surface area contributed by atoms with E-state index in [9.17, 15) is 19.5 Å². The van der Waals surface area contributed by atoms with Crippen LogP contribution in [-0.2, 0) is 14.3 Å². The number of esters is 1. The average Bonchev–Trinajstić information content (AvgIpc) is 2.71. The number of benzene rings is 1. The number of rotatable bonds is 4. The first-order valence-electron chi connectivity index (χ1n) is 6.82. The van der Waals surface area contributed by atoms with E-state index in [4.69, 9.17) is 4.74 Å². The molecular formula is C15H13BrINO5S. The first kappa shape index (κ1) is 19.3. The molecule has 0 saturated carbocycles. The predicted octanol–water partition coefficient (Wildman–Crippen LogP) is 3.75. The van der Waals surface area contributed by atoms with Gasteiger partial charge in [-0.2, -0.15) is 0 Å². The van der Waals surface area contributed by atoms with Crippen LogP contribution < -0.4 is 0 Å². The first-order chi connectivity index (χ1) is 11.2. The molecule has 1 aromatic rings. The number of hydrogen-bond acceptors (Lipinski definition) is 6. The largest absolute Gasteiger partial charge is 0.506 e. The molecule has 2 amide bonds. The van der Waals surface area contributed by atoms with Crippen LogP contribution in [0.1, 0.15) is 19.4 Å². The van der Waals surface area contributed by atoms with Crippen LogP contribution in [0.4, 0.5) is 4.79 Å². The summed E-state index contributed by atoms with van der Waals surface area (Å²) in [5.74, 6) is -1.21. The molecule has 1 fully saturated rings. The van der Waals surface area contributed by atoms with Gasteiger partial charge in [0.1, 0.15) is 12.3 Å². The van der Waals surface area contributed by atoms with Crippen LogP contribution in [-0.4, -0.2) is 39.8 Å². The summed E-state index contributed by atoms with van der Waals surface area (Å²) in [6, 6.07) is 3.36. The van der Waals surface area contributed by atoms with Crippen molar-refractivity contribution in [3.8, 4) is 5.75 Å². The Labute approximate surface area is 164 Å². The molecule has 0 aliphatic carbocycles. The molecule has 0 bridgehead atoms. The van der Waals surface area contributed by atoms with Crippen LogP contribution in [0.5, 0.6) is 5.75 Å². The molecule has 1 aromatic carbocycles. The minimum Gasteiger partial charge on any atom is -0.506 e. The summed E-state index contributed by atoms with van der Waals surface area (Å²) in [6.45, 7) is 2.94. The van der Waals surface area contributed by atoms with Crippen LogP contribution in [0.15, 0.2) is 21.5 Å². The molecule has 1 saturated heterocycles. The normalized spacial score (nSPS) is 16.4. The monoisotopic (exact) mass is 525 g/mol. The van der Waals surface area contributed by atoms with Crippen LogP contribution in [0.25, 0.3) is 6.08 Å². The fraction of sp³-hybridized carbons (Fsp3) is 0.267. The molecule has 1 N–H and O–H groups in total. The molecule has 24 heavy (non-hydrogen) atoms. The third kappa shape index (κ3) is 4.51. The summed E-state index contributed by atoms with van der Waals surface area (Å²) in [4.78, 5) is 36.9. The zero-order valence-electron chi connectivity index (χ0n) is 12.7. The van der Waals surface area contributed by atoms with Crippen molar-refractivity contribution in [2.24, 2.45) is 0 Å². The Morgan fingerprint density at radius 2 is 2.12 bits per heavy atom. The van der Waals surface area contributed by atoms with Crippen molar-refractivity contribution in [3.63, 3.8) is 0 Å².